The molecule has 86 valence electrons. The molecule has 0 aliphatic heterocycles. The lowest BCUT2D eigenvalue weighted by Crippen LogP contribution is -1.86. The molecule has 0 spiro atoms. The second-order valence-corrected chi connectivity index (χ2v) is 3.76. The molecule has 5 heteroatoms. The average Bonchev–Trinajstić information content (AvgIpc) is 2.47. The minimum Gasteiger partial charge on any atom is -0.265 e. The molecular formula is C13H8N4O. The highest BCUT2D eigenvalue weighted by molar-refractivity contribution is 5.81. The molecule has 0 aromatic carbocycles. The lowest BCUT2D eigenvalue weighted by Gasteiger charge is -2.02. The molecule has 0 fully saturated rings. The van der Waals surface area contributed by atoms with Crippen molar-refractivity contribution < 1.29 is 0 Å². The van der Waals surface area contributed by atoms with Gasteiger partial charge in [-0.3, -0.25) is 9.97 Å². The largest absolute Gasteiger partial charge is 0.265 e. The van der Waals surface area contributed by atoms with Crippen LogP contribution in [-0.4, -0.2) is 15.0 Å². The number of aromatic nitrogens is 3. The summed E-state index contributed by atoms with van der Waals surface area (Å²) in [5.74, 6) is 0.163. The van der Waals surface area contributed by atoms with E-state index < -0.39 is 0 Å². The van der Waals surface area contributed by atoms with Crippen LogP contribution in [0.25, 0.3) is 22.2 Å². The van der Waals surface area contributed by atoms with Gasteiger partial charge in [0.1, 0.15) is 0 Å². The van der Waals surface area contributed by atoms with E-state index in [1.54, 1.807) is 30.7 Å². The maximum absolute atomic E-state index is 10.5. The third-order valence-electron chi connectivity index (χ3n) is 2.63. The topological polar surface area (TPSA) is 68.1 Å². The number of nitrogens with zero attached hydrogens (tertiary/aromatic N) is 4. The summed E-state index contributed by atoms with van der Waals surface area (Å²) in [6.45, 7) is 0. The van der Waals surface area contributed by atoms with Gasteiger partial charge in [0.2, 0.25) is 0 Å². The molecule has 0 radical (unpaired) electrons. The molecule has 0 saturated heterocycles. The Hall–Kier alpha value is -2.69. The highest BCUT2D eigenvalue weighted by atomic mass is 16.3. The van der Waals surface area contributed by atoms with E-state index in [4.69, 9.17) is 0 Å². The number of rotatable bonds is 2. The van der Waals surface area contributed by atoms with Crippen molar-refractivity contribution in [3.05, 3.63) is 53.8 Å². The van der Waals surface area contributed by atoms with Crippen molar-refractivity contribution in [2.45, 2.75) is 0 Å². The van der Waals surface area contributed by atoms with E-state index in [9.17, 15) is 4.91 Å². The molecule has 3 rings (SSSR count). The van der Waals surface area contributed by atoms with Gasteiger partial charge in [-0.05, 0) is 41.1 Å². The molecule has 0 aliphatic rings. The predicted octanol–water partition coefficient (Wildman–Crippen LogP) is 3.09. The van der Waals surface area contributed by atoms with Crippen LogP contribution in [0.2, 0.25) is 0 Å². The molecular weight excluding hydrogens is 228 g/mol. The zero-order valence-corrected chi connectivity index (χ0v) is 9.32. The SMILES string of the molecule is O=Nc1ccc2ncc(-c3ccncc3)cc2n1. The average molecular weight is 236 g/mol. The summed E-state index contributed by atoms with van der Waals surface area (Å²) in [6, 6.07) is 8.95. The molecule has 0 bridgehead atoms. The van der Waals surface area contributed by atoms with Gasteiger partial charge in [0, 0.05) is 24.2 Å². The molecule has 18 heavy (non-hydrogen) atoms. The van der Waals surface area contributed by atoms with Gasteiger partial charge in [-0.25, -0.2) is 4.98 Å². The Bertz CT molecular complexity index is 713. The molecule has 0 saturated carbocycles. The first-order valence-corrected chi connectivity index (χ1v) is 5.37. The van der Waals surface area contributed by atoms with E-state index in [-0.39, 0.29) is 5.82 Å². The van der Waals surface area contributed by atoms with Crippen LogP contribution in [0.1, 0.15) is 0 Å². The summed E-state index contributed by atoms with van der Waals surface area (Å²) < 4.78 is 0. The first-order valence-electron chi connectivity index (χ1n) is 5.37. The van der Waals surface area contributed by atoms with Crippen LogP contribution in [0, 0.1) is 4.91 Å². The van der Waals surface area contributed by atoms with E-state index >= 15 is 0 Å². The second-order valence-electron chi connectivity index (χ2n) is 3.76. The summed E-state index contributed by atoms with van der Waals surface area (Å²) in [5.41, 5.74) is 3.33. The van der Waals surface area contributed by atoms with Gasteiger partial charge in [-0.1, -0.05) is 0 Å². The zero-order chi connectivity index (χ0) is 12.4. The number of nitroso groups, excluding NO2 is 1. The first kappa shape index (κ1) is 10.5. The normalized spacial score (nSPS) is 10.4. The van der Waals surface area contributed by atoms with Gasteiger partial charge in [0.15, 0.2) is 5.82 Å². The van der Waals surface area contributed by atoms with Crippen molar-refractivity contribution in [2.75, 3.05) is 0 Å². The van der Waals surface area contributed by atoms with Crippen molar-refractivity contribution in [2.24, 2.45) is 5.18 Å². The van der Waals surface area contributed by atoms with Crippen molar-refractivity contribution >= 4 is 16.9 Å². The number of fused-ring (bicyclic) bond motifs is 1. The Morgan fingerprint density at radius 1 is 0.944 bits per heavy atom. The van der Waals surface area contributed by atoms with Crippen LogP contribution in [-0.2, 0) is 0 Å². The maximum Gasteiger partial charge on any atom is 0.197 e. The fourth-order valence-electron chi connectivity index (χ4n) is 1.75. The molecule has 3 aromatic heterocycles. The van der Waals surface area contributed by atoms with E-state index in [0.29, 0.717) is 5.52 Å². The number of hydrogen-bond donors (Lipinski definition) is 0. The fourth-order valence-corrected chi connectivity index (χ4v) is 1.75. The Morgan fingerprint density at radius 3 is 2.56 bits per heavy atom. The van der Waals surface area contributed by atoms with Gasteiger partial charge in [0.25, 0.3) is 0 Å². The number of pyridine rings is 3. The highest BCUT2D eigenvalue weighted by Crippen LogP contribution is 2.22. The van der Waals surface area contributed by atoms with Gasteiger partial charge >= 0.3 is 0 Å². The third kappa shape index (κ3) is 1.82. The molecule has 3 aromatic rings. The van der Waals surface area contributed by atoms with Gasteiger partial charge in [-0.15, -0.1) is 4.91 Å². The van der Waals surface area contributed by atoms with Crippen LogP contribution in [0.3, 0.4) is 0 Å². The minimum absolute atomic E-state index is 0.163. The minimum atomic E-state index is 0.163. The Morgan fingerprint density at radius 2 is 1.78 bits per heavy atom. The first-order chi connectivity index (χ1) is 8.86. The van der Waals surface area contributed by atoms with Crippen molar-refractivity contribution in [3.8, 4) is 11.1 Å². The van der Waals surface area contributed by atoms with E-state index in [0.717, 1.165) is 16.6 Å². The molecule has 0 unspecified atom stereocenters. The maximum atomic E-state index is 10.5. The van der Waals surface area contributed by atoms with Crippen LogP contribution < -0.4 is 0 Å². The quantitative estimate of drug-likeness (QED) is 0.641. The predicted molar refractivity (Wildman–Crippen MR) is 68.2 cm³/mol. The lowest BCUT2D eigenvalue weighted by atomic mass is 10.1. The van der Waals surface area contributed by atoms with Gasteiger partial charge in [0.05, 0.1) is 11.0 Å². The smallest absolute Gasteiger partial charge is 0.197 e. The van der Waals surface area contributed by atoms with Crippen molar-refractivity contribution in [1.29, 1.82) is 0 Å². The fraction of sp³-hybridized carbons (Fsp3) is 0. The van der Waals surface area contributed by atoms with Gasteiger partial charge in [-0.2, -0.15) is 0 Å². The number of hydrogen-bond acceptors (Lipinski definition) is 5. The summed E-state index contributed by atoms with van der Waals surface area (Å²) in [6.07, 6.45) is 5.21. The summed E-state index contributed by atoms with van der Waals surface area (Å²) >= 11 is 0. The van der Waals surface area contributed by atoms with Crippen LogP contribution in [0.4, 0.5) is 5.82 Å². The van der Waals surface area contributed by atoms with Crippen LogP contribution in [0.15, 0.2) is 54.1 Å². The Balaban J connectivity index is 2.18. The molecule has 0 N–H and O–H groups in total. The van der Waals surface area contributed by atoms with Crippen LogP contribution >= 0.6 is 0 Å². The van der Waals surface area contributed by atoms with E-state index in [1.165, 1.54) is 0 Å². The van der Waals surface area contributed by atoms with E-state index in [2.05, 4.69) is 20.1 Å². The van der Waals surface area contributed by atoms with E-state index in [1.807, 2.05) is 18.2 Å². The molecule has 0 atom stereocenters. The summed E-state index contributed by atoms with van der Waals surface area (Å²) in [7, 11) is 0. The monoisotopic (exact) mass is 236 g/mol. The summed E-state index contributed by atoms with van der Waals surface area (Å²) in [4.78, 5) is 22.9. The Labute approximate surface area is 103 Å². The zero-order valence-electron chi connectivity index (χ0n) is 9.32. The molecule has 0 amide bonds. The highest BCUT2D eigenvalue weighted by Gasteiger charge is 2.03. The second kappa shape index (κ2) is 4.29. The lowest BCUT2D eigenvalue weighted by molar-refractivity contribution is 1.28. The molecule has 3 heterocycles. The standard InChI is InChI=1S/C13H8N4O/c18-17-13-2-1-11-12(16-13)7-10(8-15-11)9-3-5-14-6-4-9/h1-8H. The van der Waals surface area contributed by atoms with Gasteiger partial charge < -0.3 is 0 Å². The third-order valence-corrected chi connectivity index (χ3v) is 2.63. The van der Waals surface area contributed by atoms with Crippen molar-refractivity contribution in [3.63, 3.8) is 0 Å². The molecule has 0 aliphatic carbocycles. The summed E-state index contributed by atoms with van der Waals surface area (Å²) in [5, 5.41) is 2.82. The molecule has 5 nitrogen and oxygen atoms in total. The van der Waals surface area contributed by atoms with Crippen molar-refractivity contribution in [1.82, 2.24) is 15.0 Å². The Kier molecular flexibility index (Phi) is 2.49. The van der Waals surface area contributed by atoms with Crippen LogP contribution in [0.5, 0.6) is 0 Å².